The molecule has 1 aliphatic heterocycles. The third kappa shape index (κ3) is 4.44. The average Bonchev–Trinajstić information content (AvgIpc) is 3.15. The number of hydrogen-bond donors (Lipinski definition) is 1. The molecule has 7 nitrogen and oxygen atoms in total. The van der Waals surface area contributed by atoms with Crippen LogP contribution in [-0.2, 0) is 26.0 Å². The van der Waals surface area contributed by atoms with Gasteiger partial charge in [0.15, 0.2) is 6.61 Å². The highest BCUT2D eigenvalue weighted by Crippen LogP contribution is 2.35. The summed E-state index contributed by atoms with van der Waals surface area (Å²) in [5.41, 5.74) is 1.50. The lowest BCUT2D eigenvalue weighted by Crippen LogP contribution is -2.30. The number of carbonyl (C=O) groups is 2. The van der Waals surface area contributed by atoms with Gasteiger partial charge in [0.2, 0.25) is 0 Å². The van der Waals surface area contributed by atoms with Gasteiger partial charge in [-0.1, -0.05) is 35.9 Å². The molecule has 0 aromatic heterocycles. The molecule has 3 rings (SSSR count). The Morgan fingerprint density at radius 3 is 2.76 bits per heavy atom. The second kappa shape index (κ2) is 8.67. The first kappa shape index (κ1) is 20.9. The van der Waals surface area contributed by atoms with Gasteiger partial charge in [0.05, 0.1) is 16.3 Å². The van der Waals surface area contributed by atoms with Crippen molar-refractivity contribution >= 4 is 39.2 Å². The minimum atomic E-state index is -3.98. The van der Waals surface area contributed by atoms with Gasteiger partial charge in [-0.25, -0.2) is 13.2 Å². The fourth-order valence-corrected chi connectivity index (χ4v) is 4.96. The highest BCUT2D eigenvalue weighted by Gasteiger charge is 2.32. The zero-order chi connectivity index (χ0) is 21.0. The van der Waals surface area contributed by atoms with E-state index in [1.807, 2.05) is 12.1 Å². The van der Waals surface area contributed by atoms with Crippen LogP contribution in [0.2, 0.25) is 5.02 Å². The van der Waals surface area contributed by atoms with Crippen LogP contribution < -0.4 is 9.62 Å². The molecule has 0 unspecified atom stereocenters. The van der Waals surface area contributed by atoms with Gasteiger partial charge in [0, 0.05) is 13.1 Å². The number of fused-ring (bicyclic) bond motifs is 1. The summed E-state index contributed by atoms with van der Waals surface area (Å²) in [5, 5.41) is 2.47. The van der Waals surface area contributed by atoms with Crippen LogP contribution in [0.4, 0.5) is 5.69 Å². The zero-order valence-electron chi connectivity index (χ0n) is 15.4. The van der Waals surface area contributed by atoms with Crippen LogP contribution in [0.3, 0.4) is 0 Å². The number of nitrogens with one attached hydrogen (secondary N) is 1. The SMILES string of the molecule is C=CCNC(=O)COC(=O)c1ccc(Cl)c(S(=O)(=O)N2CCc3ccccc32)c1. The fourth-order valence-electron chi connectivity index (χ4n) is 2.96. The van der Waals surface area contributed by atoms with Gasteiger partial charge >= 0.3 is 5.97 Å². The van der Waals surface area contributed by atoms with E-state index in [0.717, 1.165) is 5.56 Å². The number of benzene rings is 2. The molecule has 2 aromatic carbocycles. The molecule has 29 heavy (non-hydrogen) atoms. The Kier molecular flexibility index (Phi) is 6.24. The quantitative estimate of drug-likeness (QED) is 0.534. The molecular formula is C20H19ClN2O5S. The predicted octanol–water partition coefficient (Wildman–Crippen LogP) is 2.55. The molecule has 0 spiro atoms. The highest BCUT2D eigenvalue weighted by molar-refractivity contribution is 7.93. The number of anilines is 1. The van der Waals surface area contributed by atoms with Gasteiger partial charge in [0.1, 0.15) is 4.90 Å². The van der Waals surface area contributed by atoms with E-state index >= 15 is 0 Å². The van der Waals surface area contributed by atoms with Gasteiger partial charge in [-0.15, -0.1) is 6.58 Å². The number of carbonyl (C=O) groups excluding carboxylic acids is 2. The van der Waals surface area contributed by atoms with E-state index in [-0.39, 0.29) is 28.6 Å². The number of halogens is 1. The molecule has 1 amide bonds. The minimum Gasteiger partial charge on any atom is -0.452 e. The number of sulfonamides is 1. The molecule has 0 aliphatic carbocycles. The van der Waals surface area contributed by atoms with E-state index < -0.39 is 28.5 Å². The number of amides is 1. The molecule has 2 aromatic rings. The Hall–Kier alpha value is -2.84. The molecular weight excluding hydrogens is 416 g/mol. The molecule has 1 N–H and O–H groups in total. The third-order valence-corrected chi connectivity index (χ3v) is 6.65. The minimum absolute atomic E-state index is 0.00495. The first-order chi connectivity index (χ1) is 13.8. The summed E-state index contributed by atoms with van der Waals surface area (Å²) in [6, 6.07) is 11.1. The first-order valence-electron chi connectivity index (χ1n) is 8.79. The molecule has 0 radical (unpaired) electrons. The summed E-state index contributed by atoms with van der Waals surface area (Å²) >= 11 is 6.14. The lowest BCUT2D eigenvalue weighted by molar-refractivity contribution is -0.124. The second-order valence-corrected chi connectivity index (χ2v) is 8.51. The summed E-state index contributed by atoms with van der Waals surface area (Å²) in [4.78, 5) is 23.6. The largest absolute Gasteiger partial charge is 0.452 e. The molecule has 0 saturated carbocycles. The van der Waals surface area contributed by atoms with E-state index in [0.29, 0.717) is 12.1 Å². The number of rotatable bonds is 7. The van der Waals surface area contributed by atoms with Crippen LogP contribution in [0.15, 0.2) is 60.0 Å². The molecule has 9 heteroatoms. The van der Waals surface area contributed by atoms with E-state index in [2.05, 4.69) is 11.9 Å². The summed E-state index contributed by atoms with van der Waals surface area (Å²) in [6.45, 7) is 3.51. The zero-order valence-corrected chi connectivity index (χ0v) is 17.0. The maximum Gasteiger partial charge on any atom is 0.338 e. The van der Waals surface area contributed by atoms with Gasteiger partial charge < -0.3 is 10.1 Å². The number of nitrogens with zero attached hydrogens (tertiary/aromatic N) is 1. The Bertz CT molecular complexity index is 1070. The van der Waals surface area contributed by atoms with Crippen molar-refractivity contribution in [2.24, 2.45) is 0 Å². The van der Waals surface area contributed by atoms with Gasteiger partial charge in [-0.2, -0.15) is 0 Å². The number of hydrogen-bond acceptors (Lipinski definition) is 5. The molecule has 0 saturated heterocycles. The molecule has 1 aliphatic rings. The lowest BCUT2D eigenvalue weighted by atomic mass is 10.2. The number of ether oxygens (including phenoxy) is 1. The van der Waals surface area contributed by atoms with E-state index in [1.54, 1.807) is 12.1 Å². The van der Waals surface area contributed by atoms with Gasteiger partial charge in [-0.3, -0.25) is 9.10 Å². The summed E-state index contributed by atoms with van der Waals surface area (Å²) in [7, 11) is -3.98. The lowest BCUT2D eigenvalue weighted by Gasteiger charge is -2.20. The highest BCUT2D eigenvalue weighted by atomic mass is 35.5. The average molecular weight is 435 g/mol. The fraction of sp³-hybridized carbons (Fsp3) is 0.200. The van der Waals surface area contributed by atoms with Crippen molar-refractivity contribution < 1.29 is 22.7 Å². The topological polar surface area (TPSA) is 92.8 Å². The third-order valence-electron chi connectivity index (χ3n) is 4.36. The maximum atomic E-state index is 13.2. The van der Waals surface area contributed by atoms with Crippen LogP contribution in [-0.4, -0.2) is 40.0 Å². The van der Waals surface area contributed by atoms with Crippen molar-refractivity contribution in [3.8, 4) is 0 Å². The maximum absolute atomic E-state index is 13.2. The number of esters is 1. The summed E-state index contributed by atoms with van der Waals surface area (Å²) < 4.78 is 32.6. The van der Waals surface area contributed by atoms with Crippen molar-refractivity contribution in [1.82, 2.24) is 5.32 Å². The van der Waals surface area contributed by atoms with Gasteiger partial charge in [0.25, 0.3) is 15.9 Å². The van der Waals surface area contributed by atoms with Crippen molar-refractivity contribution in [3.63, 3.8) is 0 Å². The van der Waals surface area contributed by atoms with E-state index in [1.165, 1.54) is 28.6 Å². The van der Waals surface area contributed by atoms with Crippen LogP contribution in [0, 0.1) is 0 Å². The normalized spacial score (nSPS) is 12.9. The first-order valence-corrected chi connectivity index (χ1v) is 10.6. The summed E-state index contributed by atoms with van der Waals surface area (Å²) in [6.07, 6.45) is 2.08. The molecule has 0 bridgehead atoms. The Morgan fingerprint density at radius 2 is 2.00 bits per heavy atom. The second-order valence-electron chi connectivity index (χ2n) is 6.27. The van der Waals surface area contributed by atoms with Crippen LogP contribution in [0.5, 0.6) is 0 Å². The Labute approximate surface area is 174 Å². The smallest absolute Gasteiger partial charge is 0.338 e. The van der Waals surface area contributed by atoms with E-state index in [4.69, 9.17) is 16.3 Å². The predicted molar refractivity (Wildman–Crippen MR) is 110 cm³/mol. The van der Waals surface area contributed by atoms with Crippen LogP contribution in [0.25, 0.3) is 0 Å². The van der Waals surface area contributed by atoms with Crippen LogP contribution in [0.1, 0.15) is 15.9 Å². The van der Waals surface area contributed by atoms with Crippen molar-refractivity contribution in [3.05, 3.63) is 71.3 Å². The van der Waals surface area contributed by atoms with Crippen molar-refractivity contribution in [2.75, 3.05) is 24.0 Å². The van der Waals surface area contributed by atoms with Gasteiger partial charge in [-0.05, 0) is 36.2 Å². The monoisotopic (exact) mass is 434 g/mol. The van der Waals surface area contributed by atoms with Crippen LogP contribution >= 0.6 is 11.6 Å². The van der Waals surface area contributed by atoms with E-state index in [9.17, 15) is 18.0 Å². The molecule has 152 valence electrons. The molecule has 0 fully saturated rings. The Morgan fingerprint density at radius 1 is 1.24 bits per heavy atom. The Balaban J connectivity index is 1.83. The summed E-state index contributed by atoms with van der Waals surface area (Å²) in [5.74, 6) is -1.32. The standard InChI is InChI=1S/C20H19ClN2O5S/c1-2-10-22-19(24)13-28-20(25)15-7-8-16(21)18(12-15)29(26,27)23-11-9-14-5-3-4-6-17(14)23/h2-8,12H,1,9-11,13H2,(H,22,24). The van der Waals surface area contributed by atoms with Crippen molar-refractivity contribution in [1.29, 1.82) is 0 Å². The van der Waals surface area contributed by atoms with Crippen molar-refractivity contribution in [2.45, 2.75) is 11.3 Å². The molecule has 0 atom stereocenters. The number of para-hydroxylation sites is 1. The molecule has 1 heterocycles.